The molecule has 1 saturated heterocycles. The van der Waals surface area contributed by atoms with Gasteiger partial charge in [-0.3, -0.25) is 14.9 Å². The summed E-state index contributed by atoms with van der Waals surface area (Å²) in [6.07, 6.45) is 2.78. The Bertz CT molecular complexity index is 1130. The number of aromatic nitrogens is 1. The fourth-order valence-electron chi connectivity index (χ4n) is 3.83. The topological polar surface area (TPSA) is 107 Å². The van der Waals surface area contributed by atoms with E-state index in [1.807, 2.05) is 4.90 Å². The van der Waals surface area contributed by atoms with Gasteiger partial charge in [-0.25, -0.2) is 4.98 Å². The number of anilines is 2. The molecule has 1 aliphatic heterocycles. The SMILES string of the molecule is COc1ccc(Oc2ncccc2NC(=O)C2CCN(c3ccccc3[N+](=O)[O-])CC2)cc1. The number of hydrogen-bond acceptors (Lipinski definition) is 7. The molecule has 1 fully saturated rings. The highest BCUT2D eigenvalue weighted by Crippen LogP contribution is 2.32. The van der Waals surface area contributed by atoms with E-state index in [1.165, 1.54) is 6.07 Å². The summed E-state index contributed by atoms with van der Waals surface area (Å²) in [6.45, 7) is 1.12. The molecule has 170 valence electrons. The van der Waals surface area contributed by atoms with E-state index >= 15 is 0 Å². The zero-order valence-electron chi connectivity index (χ0n) is 18.1. The molecule has 9 heteroatoms. The molecule has 1 N–H and O–H groups in total. The number of ether oxygens (including phenoxy) is 2. The molecule has 0 aliphatic carbocycles. The third kappa shape index (κ3) is 5.20. The maximum Gasteiger partial charge on any atom is 0.292 e. The van der Waals surface area contributed by atoms with Crippen LogP contribution in [0.1, 0.15) is 12.8 Å². The highest BCUT2D eigenvalue weighted by molar-refractivity contribution is 5.93. The average molecular weight is 448 g/mol. The molecule has 2 aromatic carbocycles. The van der Waals surface area contributed by atoms with Gasteiger partial charge in [0.15, 0.2) is 0 Å². The van der Waals surface area contributed by atoms with Crippen molar-refractivity contribution in [3.05, 3.63) is 77.0 Å². The first-order valence-electron chi connectivity index (χ1n) is 10.6. The van der Waals surface area contributed by atoms with E-state index in [1.54, 1.807) is 67.9 Å². The number of nitrogens with zero attached hydrogens (tertiary/aromatic N) is 3. The quantitative estimate of drug-likeness (QED) is 0.414. The maximum atomic E-state index is 12.9. The Kier molecular flexibility index (Phi) is 6.68. The Morgan fingerprint density at radius 3 is 2.45 bits per heavy atom. The fraction of sp³-hybridized carbons (Fsp3) is 0.250. The number of nitro groups is 1. The number of amides is 1. The van der Waals surface area contributed by atoms with E-state index in [2.05, 4.69) is 10.3 Å². The molecule has 4 rings (SSSR count). The normalized spacial score (nSPS) is 13.9. The van der Waals surface area contributed by atoms with Crippen molar-refractivity contribution < 1.29 is 19.2 Å². The summed E-state index contributed by atoms with van der Waals surface area (Å²) >= 11 is 0. The minimum absolute atomic E-state index is 0.0797. The predicted octanol–water partition coefficient (Wildman–Crippen LogP) is 4.65. The summed E-state index contributed by atoms with van der Waals surface area (Å²) in [5.74, 6) is 1.25. The number of methoxy groups -OCH3 is 1. The summed E-state index contributed by atoms with van der Waals surface area (Å²) in [6, 6.07) is 17.2. The molecule has 0 radical (unpaired) electrons. The number of carbonyl (C=O) groups excluding carboxylic acids is 1. The molecular weight excluding hydrogens is 424 g/mol. The van der Waals surface area contributed by atoms with Crippen molar-refractivity contribution in [3.63, 3.8) is 0 Å². The van der Waals surface area contributed by atoms with E-state index in [0.717, 1.165) is 0 Å². The van der Waals surface area contributed by atoms with Crippen LogP contribution in [0.5, 0.6) is 17.4 Å². The van der Waals surface area contributed by atoms with Crippen molar-refractivity contribution in [1.82, 2.24) is 4.98 Å². The number of para-hydroxylation sites is 2. The lowest BCUT2D eigenvalue weighted by molar-refractivity contribution is -0.384. The second-order valence-electron chi connectivity index (χ2n) is 7.63. The molecule has 1 aliphatic rings. The largest absolute Gasteiger partial charge is 0.497 e. The molecule has 0 unspecified atom stereocenters. The Morgan fingerprint density at radius 2 is 1.76 bits per heavy atom. The lowest BCUT2D eigenvalue weighted by Gasteiger charge is -2.32. The summed E-state index contributed by atoms with van der Waals surface area (Å²) < 4.78 is 11.0. The van der Waals surface area contributed by atoms with Gasteiger partial charge in [0, 0.05) is 31.3 Å². The highest BCUT2D eigenvalue weighted by atomic mass is 16.6. The van der Waals surface area contributed by atoms with Crippen LogP contribution in [0.2, 0.25) is 0 Å². The van der Waals surface area contributed by atoms with Gasteiger partial charge in [-0.1, -0.05) is 12.1 Å². The van der Waals surface area contributed by atoms with Crippen LogP contribution in [-0.4, -0.2) is 36.0 Å². The van der Waals surface area contributed by atoms with Crippen LogP contribution in [0, 0.1) is 16.0 Å². The van der Waals surface area contributed by atoms with E-state index in [9.17, 15) is 14.9 Å². The zero-order chi connectivity index (χ0) is 23.2. The average Bonchev–Trinajstić information content (AvgIpc) is 2.85. The van der Waals surface area contributed by atoms with Crippen LogP contribution >= 0.6 is 0 Å². The van der Waals surface area contributed by atoms with E-state index in [4.69, 9.17) is 9.47 Å². The minimum atomic E-state index is -0.374. The van der Waals surface area contributed by atoms with Gasteiger partial charge >= 0.3 is 0 Å². The first-order chi connectivity index (χ1) is 16.0. The van der Waals surface area contributed by atoms with Crippen LogP contribution in [0.3, 0.4) is 0 Å². The number of nitro benzene ring substituents is 1. The number of nitrogens with one attached hydrogen (secondary N) is 1. The standard InChI is InChI=1S/C24H24N4O5/c1-32-18-8-10-19(11-9-18)33-24-20(5-4-14-25-24)26-23(29)17-12-15-27(16-13-17)21-6-2-3-7-22(21)28(30)31/h2-11,14,17H,12-13,15-16H2,1H3,(H,26,29). The molecule has 9 nitrogen and oxygen atoms in total. The number of pyridine rings is 1. The third-order valence-electron chi connectivity index (χ3n) is 5.59. The van der Waals surface area contributed by atoms with Crippen LogP contribution in [0.4, 0.5) is 17.1 Å². The van der Waals surface area contributed by atoms with E-state index in [0.29, 0.717) is 54.7 Å². The summed E-state index contributed by atoms with van der Waals surface area (Å²) in [7, 11) is 1.59. The van der Waals surface area contributed by atoms with E-state index < -0.39 is 0 Å². The Balaban J connectivity index is 1.39. The maximum absolute atomic E-state index is 12.9. The summed E-state index contributed by atoms with van der Waals surface area (Å²) in [5, 5.41) is 14.3. The second-order valence-corrected chi connectivity index (χ2v) is 7.63. The van der Waals surface area contributed by atoms with Gasteiger partial charge in [-0.05, 0) is 55.3 Å². The predicted molar refractivity (Wildman–Crippen MR) is 124 cm³/mol. The van der Waals surface area contributed by atoms with Crippen LogP contribution in [0.25, 0.3) is 0 Å². The minimum Gasteiger partial charge on any atom is -0.497 e. The first kappa shape index (κ1) is 22.1. The van der Waals surface area contributed by atoms with Gasteiger partial charge in [-0.2, -0.15) is 0 Å². The van der Waals surface area contributed by atoms with Crippen LogP contribution in [-0.2, 0) is 4.79 Å². The number of benzene rings is 2. The molecule has 33 heavy (non-hydrogen) atoms. The zero-order valence-corrected chi connectivity index (χ0v) is 18.1. The summed E-state index contributed by atoms with van der Waals surface area (Å²) in [5.41, 5.74) is 1.15. The molecule has 3 aromatic rings. The Labute approximate surface area is 191 Å². The Hall–Kier alpha value is -4.14. The highest BCUT2D eigenvalue weighted by Gasteiger charge is 2.28. The van der Waals surface area contributed by atoms with Crippen LogP contribution < -0.4 is 19.7 Å². The second kappa shape index (κ2) is 9.99. The third-order valence-corrected chi connectivity index (χ3v) is 5.59. The van der Waals surface area contributed by atoms with Gasteiger partial charge in [0.05, 0.1) is 12.0 Å². The van der Waals surface area contributed by atoms with Crippen molar-refractivity contribution >= 4 is 23.0 Å². The van der Waals surface area contributed by atoms with Crippen molar-refractivity contribution in [2.24, 2.45) is 5.92 Å². The molecule has 1 aromatic heterocycles. The number of piperidine rings is 1. The van der Waals surface area contributed by atoms with Crippen molar-refractivity contribution in [3.8, 4) is 17.4 Å². The van der Waals surface area contributed by atoms with Gasteiger partial charge in [0.1, 0.15) is 22.9 Å². The molecular formula is C24H24N4O5. The van der Waals surface area contributed by atoms with Gasteiger partial charge in [-0.15, -0.1) is 0 Å². The van der Waals surface area contributed by atoms with Crippen LogP contribution in [0.15, 0.2) is 66.9 Å². The molecule has 0 bridgehead atoms. The monoisotopic (exact) mass is 448 g/mol. The Morgan fingerprint density at radius 1 is 1.06 bits per heavy atom. The van der Waals surface area contributed by atoms with Gasteiger partial charge in [0.2, 0.25) is 11.8 Å². The van der Waals surface area contributed by atoms with Gasteiger partial charge < -0.3 is 19.7 Å². The number of rotatable bonds is 7. The smallest absolute Gasteiger partial charge is 0.292 e. The number of hydrogen-bond donors (Lipinski definition) is 1. The van der Waals surface area contributed by atoms with Crippen molar-refractivity contribution in [2.45, 2.75) is 12.8 Å². The molecule has 0 spiro atoms. The fourth-order valence-corrected chi connectivity index (χ4v) is 3.83. The first-order valence-corrected chi connectivity index (χ1v) is 10.6. The summed E-state index contributed by atoms with van der Waals surface area (Å²) in [4.78, 5) is 30.1. The molecule has 2 heterocycles. The van der Waals surface area contributed by atoms with E-state index in [-0.39, 0.29) is 22.4 Å². The van der Waals surface area contributed by atoms with Gasteiger partial charge in [0.25, 0.3) is 5.69 Å². The lowest BCUT2D eigenvalue weighted by atomic mass is 9.95. The number of carbonyl (C=O) groups is 1. The van der Waals surface area contributed by atoms with Crippen molar-refractivity contribution in [1.29, 1.82) is 0 Å². The molecule has 1 amide bonds. The molecule has 0 atom stereocenters. The molecule has 0 saturated carbocycles. The van der Waals surface area contributed by atoms with Crippen molar-refractivity contribution in [2.75, 3.05) is 30.4 Å². The lowest BCUT2D eigenvalue weighted by Crippen LogP contribution is -2.38.